The number of aliphatic hydroxyl groups is 1. The van der Waals surface area contributed by atoms with E-state index in [-0.39, 0.29) is 6.10 Å². The van der Waals surface area contributed by atoms with Gasteiger partial charge < -0.3 is 15.2 Å². The molecule has 1 aromatic carbocycles. The van der Waals surface area contributed by atoms with Gasteiger partial charge in [0, 0.05) is 13.1 Å². The number of hydrogen-bond acceptors (Lipinski definition) is 3. The van der Waals surface area contributed by atoms with E-state index < -0.39 is 0 Å². The second-order valence-corrected chi connectivity index (χ2v) is 5.14. The largest absolute Gasteiger partial charge is 0.492 e. The minimum Gasteiger partial charge on any atom is -0.492 e. The van der Waals surface area contributed by atoms with Crippen molar-refractivity contribution in [2.45, 2.75) is 39.7 Å². The summed E-state index contributed by atoms with van der Waals surface area (Å²) in [6, 6.07) is 6.36. The second kappa shape index (κ2) is 7.39. The molecule has 0 saturated heterocycles. The van der Waals surface area contributed by atoms with Gasteiger partial charge in [-0.05, 0) is 43.0 Å². The SMILES string of the molecule is Cc1cc(OCCNC[C@H](C)O)cc(C(C)C)c1. The minimum absolute atomic E-state index is 0.309. The molecule has 0 aliphatic carbocycles. The van der Waals surface area contributed by atoms with Gasteiger partial charge in [-0.3, -0.25) is 0 Å². The van der Waals surface area contributed by atoms with Gasteiger partial charge in [-0.25, -0.2) is 0 Å². The van der Waals surface area contributed by atoms with Crippen molar-refractivity contribution in [1.82, 2.24) is 5.32 Å². The van der Waals surface area contributed by atoms with Crippen LogP contribution in [0.25, 0.3) is 0 Å². The summed E-state index contributed by atoms with van der Waals surface area (Å²) in [6.07, 6.45) is -0.309. The van der Waals surface area contributed by atoms with Gasteiger partial charge in [0.25, 0.3) is 0 Å². The Labute approximate surface area is 110 Å². The summed E-state index contributed by atoms with van der Waals surface area (Å²) in [6.45, 7) is 10.2. The fourth-order valence-corrected chi connectivity index (χ4v) is 1.75. The van der Waals surface area contributed by atoms with E-state index in [1.54, 1.807) is 6.92 Å². The molecule has 0 radical (unpaired) electrons. The van der Waals surface area contributed by atoms with Gasteiger partial charge in [-0.15, -0.1) is 0 Å². The highest BCUT2D eigenvalue weighted by molar-refractivity contribution is 5.35. The zero-order chi connectivity index (χ0) is 13.5. The van der Waals surface area contributed by atoms with Gasteiger partial charge in [-0.1, -0.05) is 19.9 Å². The van der Waals surface area contributed by atoms with E-state index in [1.807, 2.05) is 0 Å². The summed E-state index contributed by atoms with van der Waals surface area (Å²) in [4.78, 5) is 0. The van der Waals surface area contributed by atoms with Crippen LogP contribution < -0.4 is 10.1 Å². The first-order valence-corrected chi connectivity index (χ1v) is 6.62. The van der Waals surface area contributed by atoms with E-state index >= 15 is 0 Å². The fourth-order valence-electron chi connectivity index (χ4n) is 1.75. The molecule has 0 amide bonds. The van der Waals surface area contributed by atoms with E-state index in [9.17, 15) is 0 Å². The molecule has 0 saturated carbocycles. The summed E-state index contributed by atoms with van der Waals surface area (Å²) >= 11 is 0. The molecule has 0 heterocycles. The van der Waals surface area contributed by atoms with Crippen LogP contribution in [0.15, 0.2) is 18.2 Å². The highest BCUT2D eigenvalue weighted by Gasteiger charge is 2.03. The molecule has 0 bridgehead atoms. The van der Waals surface area contributed by atoms with Gasteiger partial charge in [0.05, 0.1) is 6.10 Å². The Morgan fingerprint density at radius 1 is 1.22 bits per heavy atom. The van der Waals surface area contributed by atoms with Gasteiger partial charge in [-0.2, -0.15) is 0 Å². The fraction of sp³-hybridized carbons (Fsp3) is 0.600. The van der Waals surface area contributed by atoms with Crippen LogP contribution in [0.2, 0.25) is 0 Å². The molecule has 0 spiro atoms. The number of hydrogen-bond donors (Lipinski definition) is 2. The number of aliphatic hydroxyl groups excluding tert-OH is 1. The smallest absolute Gasteiger partial charge is 0.119 e. The molecular formula is C15H25NO2. The normalized spacial score (nSPS) is 12.8. The Bertz CT molecular complexity index is 362. The molecule has 102 valence electrons. The second-order valence-electron chi connectivity index (χ2n) is 5.14. The predicted octanol–water partition coefficient (Wildman–Crippen LogP) is 2.47. The molecule has 1 rings (SSSR count). The Morgan fingerprint density at radius 3 is 2.56 bits per heavy atom. The highest BCUT2D eigenvalue weighted by Crippen LogP contribution is 2.22. The van der Waals surface area contributed by atoms with Crippen LogP contribution in [-0.2, 0) is 0 Å². The minimum atomic E-state index is -0.309. The lowest BCUT2D eigenvalue weighted by Gasteiger charge is -2.12. The molecule has 0 aromatic heterocycles. The maximum atomic E-state index is 9.10. The third kappa shape index (κ3) is 5.52. The number of rotatable bonds is 7. The summed E-state index contributed by atoms with van der Waals surface area (Å²) in [5.41, 5.74) is 2.54. The molecule has 18 heavy (non-hydrogen) atoms. The molecule has 0 aliphatic heterocycles. The number of aryl methyl sites for hydroxylation is 1. The summed E-state index contributed by atoms with van der Waals surface area (Å²) in [5, 5.41) is 12.2. The van der Waals surface area contributed by atoms with E-state index in [4.69, 9.17) is 9.84 Å². The van der Waals surface area contributed by atoms with Crippen LogP contribution in [0.1, 0.15) is 37.8 Å². The summed E-state index contributed by atoms with van der Waals surface area (Å²) < 4.78 is 5.72. The number of ether oxygens (including phenoxy) is 1. The first-order chi connectivity index (χ1) is 8.49. The molecule has 0 fully saturated rings. The van der Waals surface area contributed by atoms with Crippen LogP contribution in [0.5, 0.6) is 5.75 Å². The highest BCUT2D eigenvalue weighted by atomic mass is 16.5. The monoisotopic (exact) mass is 251 g/mol. The zero-order valence-corrected chi connectivity index (χ0v) is 11.9. The molecule has 3 heteroatoms. The van der Waals surface area contributed by atoms with Gasteiger partial charge in [0.1, 0.15) is 12.4 Å². The maximum absolute atomic E-state index is 9.10. The molecule has 0 unspecified atom stereocenters. The van der Waals surface area contributed by atoms with E-state index in [0.29, 0.717) is 19.1 Å². The van der Waals surface area contributed by atoms with Gasteiger partial charge >= 0.3 is 0 Å². The Kier molecular flexibility index (Phi) is 6.16. The Hall–Kier alpha value is -1.06. The van der Waals surface area contributed by atoms with Gasteiger partial charge in [0.2, 0.25) is 0 Å². The van der Waals surface area contributed by atoms with Crippen molar-refractivity contribution in [1.29, 1.82) is 0 Å². The lowest BCUT2D eigenvalue weighted by Crippen LogP contribution is -2.28. The molecule has 3 nitrogen and oxygen atoms in total. The third-order valence-corrected chi connectivity index (χ3v) is 2.73. The Balaban J connectivity index is 2.42. The van der Waals surface area contributed by atoms with Crippen molar-refractivity contribution >= 4 is 0 Å². The lowest BCUT2D eigenvalue weighted by atomic mass is 10.0. The molecular weight excluding hydrogens is 226 g/mol. The standard InChI is InChI=1S/C15H25NO2/c1-11(2)14-7-12(3)8-15(9-14)18-6-5-16-10-13(4)17/h7-9,11,13,16-17H,5-6,10H2,1-4H3/t13-/m0/s1. The Morgan fingerprint density at radius 2 is 1.94 bits per heavy atom. The van der Waals surface area contributed by atoms with Crippen LogP contribution in [0.4, 0.5) is 0 Å². The van der Waals surface area contributed by atoms with E-state index in [1.165, 1.54) is 11.1 Å². The third-order valence-electron chi connectivity index (χ3n) is 2.73. The van der Waals surface area contributed by atoms with Crippen LogP contribution >= 0.6 is 0 Å². The molecule has 1 aromatic rings. The first kappa shape index (κ1) is 15.0. The van der Waals surface area contributed by atoms with Crippen molar-refractivity contribution in [3.63, 3.8) is 0 Å². The van der Waals surface area contributed by atoms with E-state index in [0.717, 1.165) is 12.3 Å². The topological polar surface area (TPSA) is 41.5 Å². The van der Waals surface area contributed by atoms with Crippen molar-refractivity contribution in [2.24, 2.45) is 0 Å². The average molecular weight is 251 g/mol. The molecule has 2 N–H and O–H groups in total. The van der Waals surface area contributed by atoms with Gasteiger partial charge in [0.15, 0.2) is 0 Å². The lowest BCUT2D eigenvalue weighted by molar-refractivity contribution is 0.188. The van der Waals surface area contributed by atoms with Crippen LogP contribution in [-0.4, -0.2) is 30.9 Å². The van der Waals surface area contributed by atoms with Crippen molar-refractivity contribution < 1.29 is 9.84 Å². The molecule has 0 aliphatic rings. The first-order valence-electron chi connectivity index (χ1n) is 6.62. The van der Waals surface area contributed by atoms with Crippen molar-refractivity contribution in [2.75, 3.05) is 19.7 Å². The summed E-state index contributed by atoms with van der Waals surface area (Å²) in [7, 11) is 0. The van der Waals surface area contributed by atoms with Crippen molar-refractivity contribution in [3.8, 4) is 5.75 Å². The number of benzene rings is 1. The van der Waals surface area contributed by atoms with E-state index in [2.05, 4.69) is 44.3 Å². The summed E-state index contributed by atoms with van der Waals surface area (Å²) in [5.74, 6) is 1.44. The average Bonchev–Trinajstić information content (AvgIpc) is 2.27. The maximum Gasteiger partial charge on any atom is 0.119 e. The zero-order valence-electron chi connectivity index (χ0n) is 11.9. The quantitative estimate of drug-likeness (QED) is 0.731. The number of nitrogens with one attached hydrogen (secondary N) is 1. The van der Waals surface area contributed by atoms with Crippen LogP contribution in [0.3, 0.4) is 0 Å². The van der Waals surface area contributed by atoms with Crippen LogP contribution in [0, 0.1) is 6.92 Å². The van der Waals surface area contributed by atoms with Crippen molar-refractivity contribution in [3.05, 3.63) is 29.3 Å². The molecule has 1 atom stereocenters. The predicted molar refractivity (Wildman–Crippen MR) is 75.3 cm³/mol.